The molecule has 3 heteroatoms. The molecular formula is C16H25BrN2. The highest BCUT2D eigenvalue weighted by molar-refractivity contribution is 9.10. The van der Waals surface area contributed by atoms with E-state index in [0.29, 0.717) is 12.0 Å². The van der Waals surface area contributed by atoms with Gasteiger partial charge in [0.05, 0.1) is 0 Å². The van der Waals surface area contributed by atoms with Crippen molar-refractivity contribution in [3.05, 3.63) is 28.2 Å². The van der Waals surface area contributed by atoms with Crippen LogP contribution >= 0.6 is 15.9 Å². The second-order valence-corrected chi connectivity index (χ2v) is 7.55. The van der Waals surface area contributed by atoms with Gasteiger partial charge in [-0.05, 0) is 50.5 Å². The summed E-state index contributed by atoms with van der Waals surface area (Å²) < 4.78 is 1.16. The van der Waals surface area contributed by atoms with Crippen molar-refractivity contribution >= 4 is 21.6 Å². The molecule has 0 aliphatic carbocycles. The van der Waals surface area contributed by atoms with Gasteiger partial charge in [-0.1, -0.05) is 29.8 Å². The van der Waals surface area contributed by atoms with E-state index in [1.54, 1.807) is 0 Å². The molecule has 1 aliphatic heterocycles. The van der Waals surface area contributed by atoms with E-state index in [0.717, 1.165) is 17.6 Å². The fraction of sp³-hybridized carbons (Fsp3) is 0.625. The largest absolute Gasteiger partial charge is 0.365 e. The zero-order valence-corrected chi connectivity index (χ0v) is 14.2. The summed E-state index contributed by atoms with van der Waals surface area (Å²) in [5, 5.41) is 3.67. The average molecular weight is 325 g/mol. The molecule has 0 radical (unpaired) electrons. The van der Waals surface area contributed by atoms with Gasteiger partial charge in [-0.3, -0.25) is 0 Å². The predicted molar refractivity (Wildman–Crippen MR) is 86.9 cm³/mol. The molecular weight excluding hydrogens is 300 g/mol. The van der Waals surface area contributed by atoms with Crippen LogP contribution in [-0.2, 0) is 0 Å². The Morgan fingerprint density at radius 2 is 2.05 bits per heavy atom. The summed E-state index contributed by atoms with van der Waals surface area (Å²) in [5.41, 5.74) is 2.89. The van der Waals surface area contributed by atoms with Gasteiger partial charge in [0.25, 0.3) is 0 Å². The minimum atomic E-state index is 0.172. The van der Waals surface area contributed by atoms with Crippen molar-refractivity contribution < 1.29 is 0 Å². The molecule has 0 spiro atoms. The van der Waals surface area contributed by atoms with Crippen molar-refractivity contribution in [3.63, 3.8) is 0 Å². The predicted octanol–water partition coefficient (Wildman–Crippen LogP) is 3.97. The molecule has 2 rings (SSSR count). The van der Waals surface area contributed by atoms with Gasteiger partial charge in [-0.15, -0.1) is 0 Å². The average Bonchev–Trinajstić information content (AvgIpc) is 2.27. The zero-order valence-electron chi connectivity index (χ0n) is 12.6. The van der Waals surface area contributed by atoms with Crippen molar-refractivity contribution in [3.8, 4) is 0 Å². The highest BCUT2D eigenvalue weighted by Crippen LogP contribution is 2.30. The Bertz CT molecular complexity index is 454. The van der Waals surface area contributed by atoms with Crippen molar-refractivity contribution in [1.82, 2.24) is 5.32 Å². The van der Waals surface area contributed by atoms with Crippen LogP contribution in [-0.4, -0.2) is 24.7 Å². The molecule has 2 nitrogen and oxygen atoms in total. The van der Waals surface area contributed by atoms with Gasteiger partial charge in [-0.25, -0.2) is 0 Å². The molecule has 0 aromatic heterocycles. The van der Waals surface area contributed by atoms with Gasteiger partial charge in [0, 0.05) is 34.8 Å². The third-order valence-corrected chi connectivity index (χ3v) is 4.49. The van der Waals surface area contributed by atoms with Crippen LogP contribution in [0.5, 0.6) is 0 Å². The first kappa shape index (κ1) is 14.9. The molecule has 1 atom stereocenters. The van der Waals surface area contributed by atoms with Crippen molar-refractivity contribution in [1.29, 1.82) is 0 Å². The molecule has 0 amide bonds. The number of piperazine rings is 1. The topological polar surface area (TPSA) is 15.3 Å². The first-order valence-corrected chi connectivity index (χ1v) is 7.87. The molecule has 1 unspecified atom stereocenters. The Balaban J connectivity index is 2.36. The number of hydrogen-bond donors (Lipinski definition) is 1. The first-order valence-electron chi connectivity index (χ1n) is 7.08. The lowest BCUT2D eigenvalue weighted by Gasteiger charge is -2.48. The molecule has 0 saturated carbocycles. The summed E-state index contributed by atoms with van der Waals surface area (Å²) in [5.74, 6) is 0.645. The van der Waals surface area contributed by atoms with E-state index in [4.69, 9.17) is 0 Å². The maximum absolute atomic E-state index is 3.67. The highest BCUT2D eigenvalue weighted by Gasteiger charge is 2.34. The SMILES string of the molecule is Cc1cc(Br)ccc1N1CC(C)(C)NCC1C(C)C. The van der Waals surface area contributed by atoms with E-state index < -0.39 is 0 Å². The van der Waals surface area contributed by atoms with Crippen LogP contribution in [0.1, 0.15) is 33.3 Å². The second kappa shape index (κ2) is 5.45. The summed E-state index contributed by atoms with van der Waals surface area (Å²) in [6, 6.07) is 7.17. The Labute approximate surface area is 125 Å². The molecule has 1 aromatic carbocycles. The summed E-state index contributed by atoms with van der Waals surface area (Å²) in [6.45, 7) is 13.5. The van der Waals surface area contributed by atoms with Crippen molar-refractivity contribution in [2.45, 2.75) is 46.2 Å². The number of benzene rings is 1. The smallest absolute Gasteiger partial charge is 0.0438 e. The molecule has 1 fully saturated rings. The fourth-order valence-electron chi connectivity index (χ4n) is 2.89. The van der Waals surface area contributed by atoms with E-state index >= 15 is 0 Å². The van der Waals surface area contributed by atoms with E-state index in [1.807, 2.05) is 0 Å². The van der Waals surface area contributed by atoms with Gasteiger partial charge >= 0.3 is 0 Å². The van der Waals surface area contributed by atoms with E-state index in [2.05, 4.69) is 79.0 Å². The number of anilines is 1. The Hall–Kier alpha value is -0.540. The van der Waals surface area contributed by atoms with E-state index in [9.17, 15) is 0 Å². The van der Waals surface area contributed by atoms with Gasteiger partial charge < -0.3 is 10.2 Å². The number of nitrogens with zero attached hydrogens (tertiary/aromatic N) is 1. The number of halogens is 1. The highest BCUT2D eigenvalue weighted by atomic mass is 79.9. The van der Waals surface area contributed by atoms with Crippen molar-refractivity contribution in [2.75, 3.05) is 18.0 Å². The lowest BCUT2D eigenvalue weighted by atomic mass is 9.92. The quantitative estimate of drug-likeness (QED) is 0.885. The molecule has 0 bridgehead atoms. The Morgan fingerprint density at radius 1 is 1.37 bits per heavy atom. The van der Waals surface area contributed by atoms with E-state index in [-0.39, 0.29) is 5.54 Å². The minimum Gasteiger partial charge on any atom is -0.365 e. The molecule has 1 aliphatic rings. The molecule has 1 heterocycles. The fourth-order valence-corrected chi connectivity index (χ4v) is 3.37. The lowest BCUT2D eigenvalue weighted by Crippen LogP contribution is -2.63. The monoisotopic (exact) mass is 324 g/mol. The molecule has 106 valence electrons. The van der Waals surface area contributed by atoms with Gasteiger partial charge in [0.15, 0.2) is 0 Å². The molecule has 19 heavy (non-hydrogen) atoms. The van der Waals surface area contributed by atoms with Gasteiger partial charge in [0.1, 0.15) is 0 Å². The second-order valence-electron chi connectivity index (χ2n) is 6.63. The van der Waals surface area contributed by atoms with Crippen LogP contribution in [0.3, 0.4) is 0 Å². The normalized spacial score (nSPS) is 22.9. The Morgan fingerprint density at radius 3 is 2.63 bits per heavy atom. The maximum atomic E-state index is 3.67. The third kappa shape index (κ3) is 3.32. The molecule has 1 N–H and O–H groups in total. The number of rotatable bonds is 2. The molecule has 1 saturated heterocycles. The van der Waals surface area contributed by atoms with Crippen LogP contribution < -0.4 is 10.2 Å². The first-order chi connectivity index (χ1) is 8.80. The minimum absolute atomic E-state index is 0.172. The summed E-state index contributed by atoms with van der Waals surface area (Å²) >= 11 is 3.56. The van der Waals surface area contributed by atoms with Crippen LogP contribution in [0.4, 0.5) is 5.69 Å². The number of hydrogen-bond acceptors (Lipinski definition) is 2. The maximum Gasteiger partial charge on any atom is 0.0438 e. The summed E-state index contributed by atoms with van der Waals surface area (Å²) in [4.78, 5) is 2.59. The number of aryl methyl sites for hydroxylation is 1. The van der Waals surface area contributed by atoms with Gasteiger partial charge in [0.2, 0.25) is 0 Å². The van der Waals surface area contributed by atoms with Crippen LogP contribution in [0.2, 0.25) is 0 Å². The van der Waals surface area contributed by atoms with Gasteiger partial charge in [-0.2, -0.15) is 0 Å². The lowest BCUT2D eigenvalue weighted by molar-refractivity contribution is 0.277. The standard InChI is InChI=1S/C16H25BrN2/c1-11(2)15-9-18-16(4,5)10-19(15)14-7-6-13(17)8-12(14)3/h6-8,11,15,18H,9-10H2,1-5H3. The van der Waals surface area contributed by atoms with Crippen LogP contribution in [0.25, 0.3) is 0 Å². The third-order valence-electron chi connectivity index (χ3n) is 3.99. The zero-order chi connectivity index (χ0) is 14.2. The van der Waals surface area contributed by atoms with E-state index in [1.165, 1.54) is 11.3 Å². The molecule has 1 aromatic rings. The summed E-state index contributed by atoms with van der Waals surface area (Å²) in [6.07, 6.45) is 0. The number of nitrogens with one attached hydrogen (secondary N) is 1. The van der Waals surface area contributed by atoms with Crippen LogP contribution in [0.15, 0.2) is 22.7 Å². The summed E-state index contributed by atoms with van der Waals surface area (Å²) in [7, 11) is 0. The Kier molecular flexibility index (Phi) is 4.26. The van der Waals surface area contributed by atoms with Crippen LogP contribution in [0, 0.1) is 12.8 Å². The van der Waals surface area contributed by atoms with Crippen molar-refractivity contribution in [2.24, 2.45) is 5.92 Å².